The van der Waals surface area contributed by atoms with Gasteiger partial charge >= 0.3 is 0 Å². The lowest BCUT2D eigenvalue weighted by atomic mass is 9.48. The van der Waals surface area contributed by atoms with Crippen LogP contribution in [0.4, 0.5) is 0 Å². The quantitative estimate of drug-likeness (QED) is 0.727. The Bertz CT molecular complexity index is 467. The van der Waals surface area contributed by atoms with Crippen LogP contribution in [-0.4, -0.2) is 40.4 Å². The van der Waals surface area contributed by atoms with Gasteiger partial charge in [-0.15, -0.1) is 0 Å². The molecule has 19 heavy (non-hydrogen) atoms. The highest BCUT2D eigenvalue weighted by Crippen LogP contribution is 2.71. The van der Waals surface area contributed by atoms with Crippen LogP contribution in [0.2, 0.25) is 0 Å². The second-order valence-corrected chi connectivity index (χ2v) is 7.62. The van der Waals surface area contributed by atoms with E-state index < -0.39 is 11.2 Å². The fourth-order valence-electron chi connectivity index (χ4n) is 5.29. The number of aliphatic hydroxyl groups is 1. The Morgan fingerprint density at radius 2 is 2.05 bits per heavy atom. The van der Waals surface area contributed by atoms with Crippen LogP contribution in [0.3, 0.4) is 0 Å². The first kappa shape index (κ1) is 12.3. The Kier molecular flexibility index (Phi) is 1.99. The second-order valence-electron chi connectivity index (χ2n) is 7.62. The molecule has 0 unspecified atom stereocenters. The predicted molar refractivity (Wildman–Crippen MR) is 67.6 cm³/mol. The third-order valence-corrected chi connectivity index (χ3v) is 6.30. The van der Waals surface area contributed by atoms with E-state index in [4.69, 9.17) is 9.47 Å². The third-order valence-electron chi connectivity index (χ3n) is 6.30. The predicted octanol–water partition coefficient (Wildman–Crippen LogP) is 1.30. The van der Waals surface area contributed by atoms with Crippen molar-refractivity contribution in [3.8, 4) is 0 Å². The second kappa shape index (κ2) is 3.07. The normalized spacial score (nSPS) is 59.0. The molecule has 4 aliphatic rings. The largest absolute Gasteiger partial charge is 0.390 e. The molecule has 0 bridgehead atoms. The van der Waals surface area contributed by atoms with Crippen LogP contribution < -0.4 is 0 Å². The van der Waals surface area contributed by atoms with Gasteiger partial charge < -0.3 is 14.6 Å². The molecule has 0 aromatic carbocycles. The summed E-state index contributed by atoms with van der Waals surface area (Å²) in [6.07, 6.45) is 1.61. The first-order valence-corrected chi connectivity index (χ1v) is 7.34. The molecule has 0 amide bonds. The average Bonchev–Trinajstić information content (AvgIpc) is 3.14. The summed E-state index contributed by atoms with van der Waals surface area (Å²) in [6, 6.07) is 0. The molecule has 2 heterocycles. The maximum absolute atomic E-state index is 12.7. The molecule has 2 aliphatic heterocycles. The SMILES string of the molecule is C[C@H]1CC[C@H]2O[C@@]23C(=O)[C@H]2O[C@@H]2[C@@H](C(C)(C)O)[C@]13C. The molecule has 4 nitrogen and oxygen atoms in total. The molecule has 4 rings (SSSR count). The summed E-state index contributed by atoms with van der Waals surface area (Å²) >= 11 is 0. The van der Waals surface area contributed by atoms with Gasteiger partial charge in [0.1, 0.15) is 6.10 Å². The first-order chi connectivity index (χ1) is 8.74. The van der Waals surface area contributed by atoms with E-state index in [9.17, 15) is 9.90 Å². The van der Waals surface area contributed by atoms with Gasteiger partial charge in [0.2, 0.25) is 0 Å². The minimum Gasteiger partial charge on any atom is -0.390 e. The van der Waals surface area contributed by atoms with Crippen LogP contribution in [0.5, 0.6) is 0 Å². The highest BCUT2D eigenvalue weighted by molar-refractivity contribution is 5.99. The van der Waals surface area contributed by atoms with Gasteiger partial charge in [-0.25, -0.2) is 0 Å². The maximum atomic E-state index is 12.7. The van der Waals surface area contributed by atoms with E-state index in [1.54, 1.807) is 0 Å². The lowest BCUT2D eigenvalue weighted by molar-refractivity contribution is -0.152. The summed E-state index contributed by atoms with van der Waals surface area (Å²) in [4.78, 5) is 12.7. The Balaban J connectivity index is 1.88. The fraction of sp³-hybridized carbons (Fsp3) is 0.933. The standard InChI is InChI=1S/C15H22O4/c1-7-5-6-8-15(19-8)12(16)10-9(18-10)11(13(2,3)17)14(7,15)4/h7-11,17H,5-6H2,1-4H3/t7-,8+,9-,10-,11-,14-,15+/m0/s1. The molecule has 0 radical (unpaired) electrons. The molecule has 0 aromatic heterocycles. The van der Waals surface area contributed by atoms with Crippen LogP contribution >= 0.6 is 0 Å². The van der Waals surface area contributed by atoms with Crippen molar-refractivity contribution in [2.24, 2.45) is 17.3 Å². The Labute approximate surface area is 113 Å². The number of Topliss-reactive ketones (excluding diaryl/α,β-unsaturated/α-hetero) is 1. The number of rotatable bonds is 1. The molecule has 7 atom stereocenters. The van der Waals surface area contributed by atoms with Crippen LogP contribution in [0.15, 0.2) is 0 Å². The number of hydrogen-bond acceptors (Lipinski definition) is 4. The molecular weight excluding hydrogens is 244 g/mol. The molecule has 0 aromatic rings. The van der Waals surface area contributed by atoms with Crippen LogP contribution in [-0.2, 0) is 14.3 Å². The molecule has 1 N–H and O–H groups in total. The van der Waals surface area contributed by atoms with E-state index in [-0.39, 0.29) is 35.4 Å². The smallest absolute Gasteiger partial charge is 0.199 e. The number of hydrogen-bond donors (Lipinski definition) is 1. The first-order valence-electron chi connectivity index (χ1n) is 7.34. The fourth-order valence-corrected chi connectivity index (χ4v) is 5.29. The van der Waals surface area contributed by atoms with Crippen molar-refractivity contribution in [2.75, 3.05) is 0 Å². The van der Waals surface area contributed by atoms with E-state index in [0.717, 1.165) is 12.8 Å². The molecule has 4 heteroatoms. The molecule has 2 saturated heterocycles. The van der Waals surface area contributed by atoms with Crippen molar-refractivity contribution in [3.05, 3.63) is 0 Å². The monoisotopic (exact) mass is 266 g/mol. The Hall–Kier alpha value is -0.450. The number of carbonyl (C=O) groups is 1. The zero-order valence-corrected chi connectivity index (χ0v) is 12.0. The van der Waals surface area contributed by atoms with Crippen molar-refractivity contribution in [1.82, 2.24) is 0 Å². The van der Waals surface area contributed by atoms with Gasteiger partial charge in [0.05, 0.1) is 17.8 Å². The zero-order valence-electron chi connectivity index (χ0n) is 12.0. The Morgan fingerprint density at radius 3 is 2.68 bits per heavy atom. The summed E-state index contributed by atoms with van der Waals surface area (Å²) in [5.74, 6) is 0.455. The third kappa shape index (κ3) is 1.16. The van der Waals surface area contributed by atoms with Crippen molar-refractivity contribution < 1.29 is 19.4 Å². The zero-order chi connectivity index (χ0) is 13.8. The lowest BCUT2D eigenvalue weighted by Crippen LogP contribution is -2.65. The molecule has 4 fully saturated rings. The minimum absolute atomic E-state index is 0.0389. The van der Waals surface area contributed by atoms with Gasteiger partial charge in [-0.05, 0) is 32.6 Å². The number of carbonyl (C=O) groups excluding carboxylic acids is 1. The summed E-state index contributed by atoms with van der Waals surface area (Å²) in [7, 11) is 0. The van der Waals surface area contributed by atoms with Crippen LogP contribution in [0.1, 0.15) is 40.5 Å². The summed E-state index contributed by atoms with van der Waals surface area (Å²) in [5.41, 5.74) is -1.85. The van der Waals surface area contributed by atoms with E-state index in [2.05, 4.69) is 13.8 Å². The highest BCUT2D eigenvalue weighted by Gasteiger charge is 2.85. The number of fused-ring (bicyclic) bond motifs is 1. The van der Waals surface area contributed by atoms with Gasteiger partial charge in [-0.1, -0.05) is 13.8 Å². The lowest BCUT2D eigenvalue weighted by Gasteiger charge is -2.53. The molecule has 106 valence electrons. The van der Waals surface area contributed by atoms with E-state index in [0.29, 0.717) is 5.92 Å². The van der Waals surface area contributed by atoms with Gasteiger partial charge in [0.25, 0.3) is 0 Å². The Morgan fingerprint density at radius 1 is 1.37 bits per heavy atom. The van der Waals surface area contributed by atoms with Crippen molar-refractivity contribution >= 4 is 5.78 Å². The number of ketones is 1. The average molecular weight is 266 g/mol. The van der Waals surface area contributed by atoms with E-state index >= 15 is 0 Å². The summed E-state index contributed by atoms with van der Waals surface area (Å²) in [6.45, 7) is 8.00. The van der Waals surface area contributed by atoms with Crippen molar-refractivity contribution in [2.45, 2.75) is 70.1 Å². The molecular formula is C15H22O4. The van der Waals surface area contributed by atoms with Crippen LogP contribution in [0, 0.1) is 17.3 Å². The highest BCUT2D eigenvalue weighted by atomic mass is 16.6. The minimum atomic E-state index is -0.857. The summed E-state index contributed by atoms with van der Waals surface area (Å²) in [5, 5.41) is 10.6. The van der Waals surface area contributed by atoms with Gasteiger partial charge in [-0.3, -0.25) is 4.79 Å². The van der Waals surface area contributed by atoms with E-state index in [1.807, 2.05) is 13.8 Å². The number of ether oxygens (including phenoxy) is 2. The number of epoxide rings is 2. The van der Waals surface area contributed by atoms with Gasteiger partial charge in [0, 0.05) is 11.3 Å². The van der Waals surface area contributed by atoms with Crippen LogP contribution in [0.25, 0.3) is 0 Å². The van der Waals surface area contributed by atoms with E-state index in [1.165, 1.54) is 0 Å². The molecule has 2 saturated carbocycles. The maximum Gasteiger partial charge on any atom is 0.199 e. The summed E-state index contributed by atoms with van der Waals surface area (Å²) < 4.78 is 11.6. The topological polar surface area (TPSA) is 62.4 Å². The van der Waals surface area contributed by atoms with Gasteiger partial charge in [0.15, 0.2) is 11.4 Å². The molecule has 1 spiro atoms. The molecule has 2 aliphatic carbocycles. The van der Waals surface area contributed by atoms with Crippen molar-refractivity contribution in [3.63, 3.8) is 0 Å². The van der Waals surface area contributed by atoms with Gasteiger partial charge in [-0.2, -0.15) is 0 Å². The van der Waals surface area contributed by atoms with Crippen molar-refractivity contribution in [1.29, 1.82) is 0 Å².